The summed E-state index contributed by atoms with van der Waals surface area (Å²) in [6, 6.07) is 8.96. The highest BCUT2D eigenvalue weighted by Gasteiger charge is 2.20. The van der Waals surface area contributed by atoms with E-state index in [-0.39, 0.29) is 5.91 Å². The molecule has 2 rings (SSSR count). The van der Waals surface area contributed by atoms with E-state index in [4.69, 9.17) is 17.3 Å². The van der Waals surface area contributed by atoms with Gasteiger partial charge in [0.15, 0.2) is 0 Å². The molecular formula is C14H17ClN4O. The van der Waals surface area contributed by atoms with E-state index in [1.165, 1.54) is 0 Å². The fraction of sp³-hybridized carbons (Fsp3) is 0.286. The number of aromatic nitrogens is 2. The van der Waals surface area contributed by atoms with Crippen LogP contribution in [0.4, 0.5) is 0 Å². The van der Waals surface area contributed by atoms with E-state index in [2.05, 4.69) is 15.5 Å². The predicted octanol–water partition coefficient (Wildman–Crippen LogP) is 2.20. The predicted molar refractivity (Wildman–Crippen MR) is 79.6 cm³/mol. The van der Waals surface area contributed by atoms with Crippen molar-refractivity contribution in [2.75, 3.05) is 6.54 Å². The highest BCUT2D eigenvalue weighted by Crippen LogP contribution is 2.20. The quantitative estimate of drug-likeness (QED) is 0.808. The maximum atomic E-state index is 12.1. The average molecular weight is 293 g/mol. The van der Waals surface area contributed by atoms with Crippen molar-refractivity contribution < 1.29 is 4.79 Å². The Labute approximate surface area is 122 Å². The van der Waals surface area contributed by atoms with E-state index in [1.807, 2.05) is 26.0 Å². The van der Waals surface area contributed by atoms with E-state index in [1.54, 1.807) is 18.2 Å². The third kappa shape index (κ3) is 3.37. The van der Waals surface area contributed by atoms with Crippen molar-refractivity contribution >= 4 is 17.5 Å². The molecule has 2 aromatic rings. The van der Waals surface area contributed by atoms with Crippen LogP contribution in [0.1, 0.15) is 24.3 Å². The Balaban J connectivity index is 2.17. The average Bonchev–Trinajstić information content (AvgIpc) is 2.89. The molecule has 4 N–H and O–H groups in total. The minimum atomic E-state index is -0.456. The fourth-order valence-electron chi connectivity index (χ4n) is 1.63. The number of nitrogens with zero attached hydrogens (tertiary/aromatic N) is 1. The molecule has 0 fully saturated rings. The molecule has 1 heterocycles. The van der Waals surface area contributed by atoms with Gasteiger partial charge in [0.1, 0.15) is 5.69 Å². The summed E-state index contributed by atoms with van der Waals surface area (Å²) < 4.78 is 0. The topological polar surface area (TPSA) is 83.8 Å². The minimum absolute atomic E-state index is 0.229. The van der Waals surface area contributed by atoms with Crippen molar-refractivity contribution in [2.24, 2.45) is 5.73 Å². The molecule has 1 amide bonds. The molecule has 106 valence electrons. The molecule has 0 saturated carbocycles. The summed E-state index contributed by atoms with van der Waals surface area (Å²) in [7, 11) is 0. The molecule has 0 aliphatic carbocycles. The summed E-state index contributed by atoms with van der Waals surface area (Å²) >= 11 is 5.84. The number of amides is 1. The van der Waals surface area contributed by atoms with Gasteiger partial charge in [-0.3, -0.25) is 9.89 Å². The summed E-state index contributed by atoms with van der Waals surface area (Å²) in [5.74, 6) is -0.229. The van der Waals surface area contributed by atoms with Crippen molar-refractivity contribution in [2.45, 2.75) is 19.4 Å². The molecule has 0 bridgehead atoms. The summed E-state index contributed by atoms with van der Waals surface area (Å²) in [6.45, 7) is 4.08. The molecule has 20 heavy (non-hydrogen) atoms. The zero-order valence-corrected chi connectivity index (χ0v) is 12.2. The summed E-state index contributed by atoms with van der Waals surface area (Å²) in [5, 5.41) is 10.4. The number of carbonyl (C=O) groups excluding carboxylic acids is 1. The van der Waals surface area contributed by atoms with Crippen LogP contribution >= 0.6 is 11.6 Å². The van der Waals surface area contributed by atoms with E-state index in [0.717, 1.165) is 5.56 Å². The van der Waals surface area contributed by atoms with Gasteiger partial charge in [-0.05, 0) is 32.0 Å². The second kappa shape index (κ2) is 5.64. The Bertz CT molecular complexity index is 604. The lowest BCUT2D eigenvalue weighted by atomic mass is 10.1. The third-order valence-corrected chi connectivity index (χ3v) is 3.18. The molecule has 0 spiro atoms. The van der Waals surface area contributed by atoms with Crippen LogP contribution < -0.4 is 11.1 Å². The molecule has 0 radical (unpaired) electrons. The number of hydrogen-bond acceptors (Lipinski definition) is 3. The molecule has 5 nitrogen and oxygen atoms in total. The smallest absolute Gasteiger partial charge is 0.269 e. The zero-order valence-electron chi connectivity index (χ0n) is 11.4. The molecule has 0 unspecified atom stereocenters. The highest BCUT2D eigenvalue weighted by atomic mass is 35.5. The summed E-state index contributed by atoms with van der Waals surface area (Å²) in [5.41, 5.74) is 7.12. The Morgan fingerprint density at radius 2 is 2.05 bits per heavy atom. The first kappa shape index (κ1) is 14.6. The van der Waals surface area contributed by atoms with Gasteiger partial charge in [-0.15, -0.1) is 0 Å². The van der Waals surface area contributed by atoms with E-state index >= 15 is 0 Å². The summed E-state index contributed by atoms with van der Waals surface area (Å²) in [6.07, 6.45) is 0. The van der Waals surface area contributed by atoms with Gasteiger partial charge in [0.05, 0.1) is 5.69 Å². The van der Waals surface area contributed by atoms with Gasteiger partial charge in [0.2, 0.25) is 0 Å². The first-order valence-electron chi connectivity index (χ1n) is 6.25. The maximum absolute atomic E-state index is 12.1. The molecule has 1 aromatic carbocycles. The van der Waals surface area contributed by atoms with Crippen LogP contribution in [0.3, 0.4) is 0 Å². The number of nitrogens with two attached hydrogens (primary N) is 1. The van der Waals surface area contributed by atoms with Crippen molar-refractivity contribution in [3.05, 3.63) is 41.0 Å². The normalized spacial score (nSPS) is 11.4. The SMILES string of the molecule is CC(C)(CN)NC(=O)c1cc(-c2ccc(Cl)cc2)n[nH]1. The Morgan fingerprint density at radius 1 is 1.40 bits per heavy atom. The van der Waals surface area contributed by atoms with Crippen LogP contribution in [-0.2, 0) is 0 Å². The number of hydrogen-bond donors (Lipinski definition) is 3. The molecule has 0 saturated heterocycles. The number of halogens is 1. The van der Waals surface area contributed by atoms with Gasteiger partial charge in [0, 0.05) is 22.7 Å². The molecular weight excluding hydrogens is 276 g/mol. The van der Waals surface area contributed by atoms with Crippen LogP contribution in [0, 0.1) is 0 Å². The standard InChI is InChI=1S/C14H17ClN4O/c1-14(2,8-16)17-13(20)12-7-11(18-19-12)9-3-5-10(15)6-4-9/h3-7H,8,16H2,1-2H3,(H,17,20)(H,18,19). The lowest BCUT2D eigenvalue weighted by Crippen LogP contribution is -2.48. The lowest BCUT2D eigenvalue weighted by molar-refractivity contribution is 0.0910. The fourth-order valence-corrected chi connectivity index (χ4v) is 1.76. The van der Waals surface area contributed by atoms with Crippen LogP contribution in [-0.4, -0.2) is 28.2 Å². The number of carbonyl (C=O) groups is 1. The largest absolute Gasteiger partial charge is 0.345 e. The summed E-state index contributed by atoms with van der Waals surface area (Å²) in [4.78, 5) is 12.1. The van der Waals surface area contributed by atoms with Crippen molar-refractivity contribution in [3.8, 4) is 11.3 Å². The number of rotatable bonds is 4. The van der Waals surface area contributed by atoms with Gasteiger partial charge < -0.3 is 11.1 Å². The van der Waals surface area contributed by atoms with Crippen molar-refractivity contribution in [1.82, 2.24) is 15.5 Å². The Morgan fingerprint density at radius 3 is 2.65 bits per heavy atom. The van der Waals surface area contributed by atoms with Gasteiger partial charge >= 0.3 is 0 Å². The van der Waals surface area contributed by atoms with Crippen molar-refractivity contribution in [1.29, 1.82) is 0 Å². The first-order valence-corrected chi connectivity index (χ1v) is 6.63. The molecule has 1 aromatic heterocycles. The highest BCUT2D eigenvalue weighted by molar-refractivity contribution is 6.30. The van der Waals surface area contributed by atoms with Gasteiger partial charge in [-0.25, -0.2) is 0 Å². The van der Waals surface area contributed by atoms with E-state index in [0.29, 0.717) is 23.0 Å². The van der Waals surface area contributed by atoms with Crippen LogP contribution in [0.25, 0.3) is 11.3 Å². The molecule has 6 heteroatoms. The van der Waals surface area contributed by atoms with Crippen LogP contribution in [0.15, 0.2) is 30.3 Å². The lowest BCUT2D eigenvalue weighted by Gasteiger charge is -2.23. The van der Waals surface area contributed by atoms with Crippen molar-refractivity contribution in [3.63, 3.8) is 0 Å². The number of aromatic amines is 1. The monoisotopic (exact) mass is 292 g/mol. The number of benzene rings is 1. The van der Waals surface area contributed by atoms with Crippen LogP contribution in [0.5, 0.6) is 0 Å². The third-order valence-electron chi connectivity index (χ3n) is 2.92. The second-order valence-electron chi connectivity index (χ2n) is 5.22. The Kier molecular flexibility index (Phi) is 4.11. The molecule has 0 aliphatic rings. The van der Waals surface area contributed by atoms with E-state index in [9.17, 15) is 4.79 Å². The van der Waals surface area contributed by atoms with Gasteiger partial charge in [0.25, 0.3) is 5.91 Å². The second-order valence-corrected chi connectivity index (χ2v) is 5.65. The number of nitrogens with one attached hydrogen (secondary N) is 2. The zero-order chi connectivity index (χ0) is 14.8. The van der Waals surface area contributed by atoms with Crippen LogP contribution in [0.2, 0.25) is 5.02 Å². The Hall–Kier alpha value is -1.85. The molecule has 0 aliphatic heterocycles. The van der Waals surface area contributed by atoms with Gasteiger partial charge in [-0.1, -0.05) is 23.7 Å². The van der Waals surface area contributed by atoms with Gasteiger partial charge in [-0.2, -0.15) is 5.10 Å². The van der Waals surface area contributed by atoms with E-state index < -0.39 is 5.54 Å². The molecule has 0 atom stereocenters. The minimum Gasteiger partial charge on any atom is -0.345 e. The number of H-pyrrole nitrogens is 1. The first-order chi connectivity index (χ1) is 9.41. The maximum Gasteiger partial charge on any atom is 0.269 e.